The SMILES string of the molecule is CCN1CCC[C@@H]1CNC(=S)NCCOC. The lowest BCUT2D eigenvalue weighted by Gasteiger charge is -2.23. The van der Waals surface area contributed by atoms with Crippen LogP contribution in [0.4, 0.5) is 0 Å². The average molecular weight is 245 g/mol. The zero-order chi connectivity index (χ0) is 11.8. The standard InChI is InChI=1S/C11H23N3OS/c1-3-14-7-4-5-10(14)9-13-11(16)12-6-8-15-2/h10H,3-9H2,1-2H3,(H2,12,13,16)/t10-/m1/s1. The molecule has 0 saturated carbocycles. The molecule has 94 valence electrons. The van der Waals surface area contributed by atoms with Gasteiger partial charge in [0, 0.05) is 26.2 Å². The van der Waals surface area contributed by atoms with Crippen LogP contribution < -0.4 is 10.6 Å². The monoisotopic (exact) mass is 245 g/mol. The third-order valence-electron chi connectivity index (χ3n) is 3.00. The van der Waals surface area contributed by atoms with Crippen molar-refractivity contribution in [1.82, 2.24) is 15.5 Å². The second-order valence-electron chi connectivity index (χ2n) is 4.05. The van der Waals surface area contributed by atoms with Crippen LogP contribution in [0.1, 0.15) is 19.8 Å². The highest BCUT2D eigenvalue weighted by atomic mass is 32.1. The van der Waals surface area contributed by atoms with Crippen molar-refractivity contribution in [2.75, 3.05) is 39.9 Å². The van der Waals surface area contributed by atoms with E-state index in [0.29, 0.717) is 12.6 Å². The van der Waals surface area contributed by atoms with Gasteiger partial charge in [-0.1, -0.05) is 6.92 Å². The van der Waals surface area contributed by atoms with Crippen LogP contribution in [0.25, 0.3) is 0 Å². The molecule has 0 bridgehead atoms. The van der Waals surface area contributed by atoms with Crippen LogP contribution in [0.2, 0.25) is 0 Å². The number of hydrogen-bond donors (Lipinski definition) is 2. The van der Waals surface area contributed by atoms with Crippen molar-refractivity contribution >= 4 is 17.3 Å². The first-order chi connectivity index (χ1) is 7.77. The van der Waals surface area contributed by atoms with Gasteiger partial charge in [-0.3, -0.25) is 4.90 Å². The molecule has 1 aliphatic rings. The van der Waals surface area contributed by atoms with Gasteiger partial charge < -0.3 is 15.4 Å². The molecule has 2 N–H and O–H groups in total. The number of nitrogens with one attached hydrogen (secondary N) is 2. The van der Waals surface area contributed by atoms with E-state index in [2.05, 4.69) is 22.5 Å². The Morgan fingerprint density at radius 2 is 2.31 bits per heavy atom. The largest absolute Gasteiger partial charge is 0.383 e. The summed E-state index contributed by atoms with van der Waals surface area (Å²) in [5, 5.41) is 7.12. The van der Waals surface area contributed by atoms with E-state index >= 15 is 0 Å². The molecule has 1 aliphatic heterocycles. The van der Waals surface area contributed by atoms with E-state index in [1.54, 1.807) is 7.11 Å². The van der Waals surface area contributed by atoms with Crippen molar-refractivity contribution in [2.45, 2.75) is 25.8 Å². The first-order valence-electron chi connectivity index (χ1n) is 6.02. The smallest absolute Gasteiger partial charge is 0.166 e. The number of likely N-dealkylation sites (tertiary alicyclic amines) is 1. The van der Waals surface area contributed by atoms with Gasteiger partial charge >= 0.3 is 0 Å². The van der Waals surface area contributed by atoms with Gasteiger partial charge in [-0.25, -0.2) is 0 Å². The maximum atomic E-state index is 5.18. The van der Waals surface area contributed by atoms with Crippen molar-refractivity contribution in [3.63, 3.8) is 0 Å². The molecule has 1 heterocycles. The summed E-state index contributed by atoms with van der Waals surface area (Å²) >= 11 is 5.18. The van der Waals surface area contributed by atoms with Crippen molar-refractivity contribution < 1.29 is 4.74 Å². The average Bonchev–Trinajstić information content (AvgIpc) is 2.74. The maximum Gasteiger partial charge on any atom is 0.166 e. The zero-order valence-electron chi connectivity index (χ0n) is 10.3. The molecule has 1 rings (SSSR count). The molecule has 1 fully saturated rings. The van der Waals surface area contributed by atoms with E-state index in [-0.39, 0.29) is 0 Å². The predicted octanol–water partition coefficient (Wildman–Crippen LogP) is 0.581. The molecule has 4 nitrogen and oxygen atoms in total. The van der Waals surface area contributed by atoms with Crippen LogP contribution in [0.15, 0.2) is 0 Å². The molecule has 16 heavy (non-hydrogen) atoms. The van der Waals surface area contributed by atoms with Gasteiger partial charge in [0.15, 0.2) is 5.11 Å². The van der Waals surface area contributed by atoms with E-state index in [9.17, 15) is 0 Å². The van der Waals surface area contributed by atoms with E-state index in [1.165, 1.54) is 19.4 Å². The van der Waals surface area contributed by atoms with Crippen molar-refractivity contribution in [3.8, 4) is 0 Å². The summed E-state index contributed by atoms with van der Waals surface area (Å²) in [7, 11) is 1.69. The first-order valence-corrected chi connectivity index (χ1v) is 6.43. The molecule has 0 aromatic heterocycles. The molecule has 0 radical (unpaired) electrons. The Hall–Kier alpha value is -0.390. The highest BCUT2D eigenvalue weighted by Gasteiger charge is 2.22. The summed E-state index contributed by atoms with van der Waals surface area (Å²) in [6.07, 6.45) is 2.59. The normalized spacial score (nSPS) is 21.0. The van der Waals surface area contributed by atoms with Crippen molar-refractivity contribution in [1.29, 1.82) is 0 Å². The summed E-state index contributed by atoms with van der Waals surface area (Å²) < 4.78 is 4.95. The van der Waals surface area contributed by atoms with Crippen molar-refractivity contribution in [3.05, 3.63) is 0 Å². The number of hydrogen-bond acceptors (Lipinski definition) is 3. The molecule has 0 aromatic carbocycles. The number of thiocarbonyl (C=S) groups is 1. The topological polar surface area (TPSA) is 36.5 Å². The Labute approximate surface area is 104 Å². The third kappa shape index (κ3) is 4.63. The van der Waals surface area contributed by atoms with Crippen LogP contribution >= 0.6 is 12.2 Å². The van der Waals surface area contributed by atoms with Crippen LogP contribution in [0.5, 0.6) is 0 Å². The van der Waals surface area contributed by atoms with Gasteiger partial charge in [0.1, 0.15) is 0 Å². The van der Waals surface area contributed by atoms with Gasteiger partial charge in [0.2, 0.25) is 0 Å². The second kappa shape index (κ2) is 7.81. The Bertz CT molecular complexity index is 213. The molecule has 0 unspecified atom stereocenters. The quantitative estimate of drug-likeness (QED) is 0.529. The Kier molecular flexibility index (Phi) is 6.68. The lowest BCUT2D eigenvalue weighted by atomic mass is 10.2. The summed E-state index contributed by atoms with van der Waals surface area (Å²) in [6.45, 7) is 6.99. The third-order valence-corrected chi connectivity index (χ3v) is 3.28. The molecular weight excluding hydrogens is 222 g/mol. The fourth-order valence-corrected chi connectivity index (χ4v) is 2.27. The molecule has 1 atom stereocenters. The highest BCUT2D eigenvalue weighted by molar-refractivity contribution is 7.80. The molecule has 5 heteroatoms. The molecule has 0 aromatic rings. The van der Waals surface area contributed by atoms with Gasteiger partial charge in [0.05, 0.1) is 6.61 Å². The number of rotatable bonds is 6. The molecule has 0 spiro atoms. The van der Waals surface area contributed by atoms with Gasteiger partial charge in [0.25, 0.3) is 0 Å². The van der Waals surface area contributed by atoms with E-state index < -0.39 is 0 Å². The van der Waals surface area contributed by atoms with Crippen LogP contribution in [0.3, 0.4) is 0 Å². The van der Waals surface area contributed by atoms with E-state index in [1.807, 2.05) is 0 Å². The van der Waals surface area contributed by atoms with Crippen LogP contribution in [-0.4, -0.2) is 55.9 Å². The van der Waals surface area contributed by atoms with Gasteiger partial charge in [-0.15, -0.1) is 0 Å². The molecular formula is C11H23N3OS. The van der Waals surface area contributed by atoms with Crippen molar-refractivity contribution in [2.24, 2.45) is 0 Å². The summed E-state index contributed by atoms with van der Waals surface area (Å²) in [6, 6.07) is 0.646. The molecule has 0 aliphatic carbocycles. The Balaban J connectivity index is 2.11. The van der Waals surface area contributed by atoms with E-state index in [0.717, 1.165) is 24.7 Å². The predicted molar refractivity (Wildman–Crippen MR) is 70.7 cm³/mol. The number of ether oxygens (including phenoxy) is 1. The van der Waals surface area contributed by atoms with Gasteiger partial charge in [-0.2, -0.15) is 0 Å². The van der Waals surface area contributed by atoms with E-state index in [4.69, 9.17) is 17.0 Å². The van der Waals surface area contributed by atoms with Crippen LogP contribution in [0, 0.1) is 0 Å². The van der Waals surface area contributed by atoms with Gasteiger partial charge in [-0.05, 0) is 38.1 Å². The summed E-state index contributed by atoms with van der Waals surface area (Å²) in [5.41, 5.74) is 0. The Morgan fingerprint density at radius 3 is 3.00 bits per heavy atom. The fourth-order valence-electron chi connectivity index (χ4n) is 2.08. The minimum absolute atomic E-state index is 0.646. The lowest BCUT2D eigenvalue weighted by Crippen LogP contribution is -2.44. The lowest BCUT2D eigenvalue weighted by molar-refractivity contribution is 0.203. The fraction of sp³-hybridized carbons (Fsp3) is 0.909. The highest BCUT2D eigenvalue weighted by Crippen LogP contribution is 2.15. The summed E-state index contributed by atoms with van der Waals surface area (Å²) in [5.74, 6) is 0. The molecule has 0 amide bonds. The first kappa shape index (κ1) is 13.7. The summed E-state index contributed by atoms with van der Waals surface area (Å²) in [4.78, 5) is 2.50. The second-order valence-corrected chi connectivity index (χ2v) is 4.46. The Morgan fingerprint density at radius 1 is 1.50 bits per heavy atom. The minimum atomic E-state index is 0.646. The maximum absolute atomic E-state index is 5.18. The van der Waals surface area contributed by atoms with Crippen LogP contribution in [-0.2, 0) is 4.74 Å². The number of methoxy groups -OCH3 is 1. The minimum Gasteiger partial charge on any atom is -0.383 e. The number of likely N-dealkylation sites (N-methyl/N-ethyl adjacent to an activating group) is 1. The molecule has 1 saturated heterocycles. The number of nitrogens with zero attached hydrogens (tertiary/aromatic N) is 1. The zero-order valence-corrected chi connectivity index (χ0v) is 11.1.